The third-order valence-corrected chi connectivity index (χ3v) is 6.47. The van der Waals surface area contributed by atoms with Crippen LogP contribution in [0.3, 0.4) is 0 Å². The van der Waals surface area contributed by atoms with Gasteiger partial charge in [-0.1, -0.05) is 11.6 Å². The van der Waals surface area contributed by atoms with Crippen molar-refractivity contribution in [2.24, 2.45) is 11.7 Å². The minimum absolute atomic E-state index is 0.00814. The summed E-state index contributed by atoms with van der Waals surface area (Å²) in [6.07, 6.45) is 2.99. The van der Waals surface area contributed by atoms with Crippen molar-refractivity contribution in [1.29, 1.82) is 0 Å². The first-order chi connectivity index (χ1) is 15.6. The molecule has 1 aromatic carbocycles. The van der Waals surface area contributed by atoms with Crippen LogP contribution in [-0.4, -0.2) is 41.7 Å². The molecule has 176 valence electrons. The SMILES string of the molecule is C[C@H](NC(=O)c1cnc(Cl)c(-c2cc(F)cc(F)c2)c1N1CC[C@](C)(OC(N)=O)C1)C1CC1. The molecule has 2 fully saturated rings. The largest absolute Gasteiger partial charge is 0.441 e. The number of amides is 2. The van der Waals surface area contributed by atoms with E-state index >= 15 is 0 Å². The molecule has 0 radical (unpaired) electrons. The Balaban J connectivity index is 1.82. The van der Waals surface area contributed by atoms with Crippen LogP contribution in [0, 0.1) is 17.6 Å². The molecule has 1 aromatic heterocycles. The summed E-state index contributed by atoms with van der Waals surface area (Å²) in [7, 11) is 0. The van der Waals surface area contributed by atoms with Crippen LogP contribution in [0.2, 0.25) is 5.15 Å². The van der Waals surface area contributed by atoms with Crippen molar-refractivity contribution < 1.29 is 23.1 Å². The molecule has 0 bridgehead atoms. The van der Waals surface area contributed by atoms with E-state index in [9.17, 15) is 18.4 Å². The number of primary amides is 1. The van der Waals surface area contributed by atoms with Gasteiger partial charge in [0.05, 0.1) is 17.8 Å². The van der Waals surface area contributed by atoms with Crippen molar-refractivity contribution in [3.63, 3.8) is 0 Å². The number of nitrogens with zero attached hydrogens (tertiary/aromatic N) is 2. The van der Waals surface area contributed by atoms with Gasteiger partial charge in [-0.05, 0) is 50.3 Å². The maximum atomic E-state index is 14.1. The zero-order valence-electron chi connectivity index (χ0n) is 18.3. The van der Waals surface area contributed by atoms with Gasteiger partial charge in [0, 0.05) is 36.8 Å². The van der Waals surface area contributed by atoms with E-state index in [-0.39, 0.29) is 40.3 Å². The Hall–Kier alpha value is -2.94. The lowest BCUT2D eigenvalue weighted by atomic mass is 10.0. The van der Waals surface area contributed by atoms with E-state index in [0.717, 1.165) is 31.0 Å². The normalized spacial score (nSPS) is 21.1. The molecule has 1 saturated heterocycles. The number of carbonyl (C=O) groups excluding carboxylic acids is 2. The van der Waals surface area contributed by atoms with Crippen LogP contribution in [0.1, 0.15) is 43.5 Å². The molecule has 1 aliphatic carbocycles. The summed E-state index contributed by atoms with van der Waals surface area (Å²) in [5, 5.41) is 2.99. The van der Waals surface area contributed by atoms with Gasteiger partial charge in [-0.25, -0.2) is 18.6 Å². The molecule has 3 N–H and O–H groups in total. The minimum atomic E-state index is -0.907. The van der Waals surface area contributed by atoms with Crippen LogP contribution in [0.4, 0.5) is 19.3 Å². The molecular weight excluding hydrogens is 454 g/mol. The van der Waals surface area contributed by atoms with Gasteiger partial charge in [0.1, 0.15) is 22.4 Å². The standard InChI is InChI=1S/C23H25ClF2N4O3/c1-12(13-3-4-13)29-21(31)17-10-28-20(24)18(14-7-15(25)9-16(26)8-14)19(17)30-6-5-23(2,11-30)33-22(27)32/h7-10,12-13H,3-6,11H2,1-2H3,(H2,27,32)(H,29,31)/t12-,23-/m0/s1. The average Bonchev–Trinajstić information content (AvgIpc) is 3.49. The summed E-state index contributed by atoms with van der Waals surface area (Å²) in [6, 6.07) is 3.00. The highest BCUT2D eigenvalue weighted by Crippen LogP contribution is 2.42. The molecule has 2 atom stereocenters. The van der Waals surface area contributed by atoms with Gasteiger partial charge in [-0.2, -0.15) is 0 Å². The lowest BCUT2D eigenvalue weighted by Gasteiger charge is -2.28. The van der Waals surface area contributed by atoms with Crippen LogP contribution in [0.15, 0.2) is 24.4 Å². The number of ether oxygens (including phenoxy) is 1. The van der Waals surface area contributed by atoms with Gasteiger partial charge < -0.3 is 20.7 Å². The molecule has 2 heterocycles. The van der Waals surface area contributed by atoms with Gasteiger partial charge in [0.2, 0.25) is 0 Å². The number of benzene rings is 1. The number of nitrogens with two attached hydrogens (primary N) is 1. The molecule has 1 aliphatic heterocycles. The molecule has 2 aromatic rings. The van der Waals surface area contributed by atoms with Gasteiger partial charge >= 0.3 is 6.09 Å². The Labute approximate surface area is 195 Å². The van der Waals surface area contributed by atoms with E-state index in [1.54, 1.807) is 6.92 Å². The number of anilines is 1. The third kappa shape index (κ3) is 5.03. The molecule has 0 spiro atoms. The molecule has 4 rings (SSSR count). The Kier molecular flexibility index (Phi) is 6.18. The number of hydrogen-bond donors (Lipinski definition) is 2. The van der Waals surface area contributed by atoms with Crippen molar-refractivity contribution >= 4 is 29.3 Å². The Morgan fingerprint density at radius 3 is 2.58 bits per heavy atom. The summed E-state index contributed by atoms with van der Waals surface area (Å²) in [5.74, 6) is -1.51. The van der Waals surface area contributed by atoms with Crippen LogP contribution in [0.25, 0.3) is 11.1 Å². The lowest BCUT2D eigenvalue weighted by molar-refractivity contribution is 0.0480. The molecule has 2 aliphatic rings. The smallest absolute Gasteiger partial charge is 0.405 e. The van der Waals surface area contributed by atoms with Crippen LogP contribution in [-0.2, 0) is 4.74 Å². The number of aromatic nitrogens is 1. The van der Waals surface area contributed by atoms with Gasteiger partial charge in [-0.3, -0.25) is 4.79 Å². The number of hydrogen-bond acceptors (Lipinski definition) is 5. The Bertz CT molecular complexity index is 1090. The molecule has 10 heteroatoms. The zero-order valence-corrected chi connectivity index (χ0v) is 19.1. The van der Waals surface area contributed by atoms with Gasteiger partial charge in [-0.15, -0.1) is 0 Å². The average molecular weight is 479 g/mol. The van der Waals surface area contributed by atoms with Crippen LogP contribution < -0.4 is 16.0 Å². The highest BCUT2D eigenvalue weighted by Gasteiger charge is 2.40. The number of pyridine rings is 1. The minimum Gasteiger partial charge on any atom is -0.441 e. The van der Waals surface area contributed by atoms with Crippen molar-refractivity contribution in [2.75, 3.05) is 18.0 Å². The highest BCUT2D eigenvalue weighted by atomic mass is 35.5. The number of carbonyl (C=O) groups is 2. The number of halogens is 3. The molecule has 2 amide bonds. The number of rotatable bonds is 6. The monoisotopic (exact) mass is 478 g/mol. The topological polar surface area (TPSA) is 97.6 Å². The second kappa shape index (κ2) is 8.78. The fourth-order valence-corrected chi connectivity index (χ4v) is 4.62. The first-order valence-electron chi connectivity index (χ1n) is 10.8. The fraction of sp³-hybridized carbons (Fsp3) is 0.435. The first-order valence-corrected chi connectivity index (χ1v) is 11.1. The number of nitrogens with one attached hydrogen (secondary N) is 1. The van der Waals surface area contributed by atoms with E-state index in [2.05, 4.69) is 10.3 Å². The van der Waals surface area contributed by atoms with E-state index in [1.807, 2.05) is 11.8 Å². The summed E-state index contributed by atoms with van der Waals surface area (Å²) in [6.45, 7) is 4.28. The lowest BCUT2D eigenvalue weighted by Crippen LogP contribution is -2.38. The molecule has 33 heavy (non-hydrogen) atoms. The Morgan fingerprint density at radius 1 is 1.30 bits per heavy atom. The fourth-order valence-electron chi connectivity index (χ4n) is 4.38. The van der Waals surface area contributed by atoms with E-state index in [0.29, 0.717) is 24.6 Å². The van der Waals surface area contributed by atoms with E-state index in [1.165, 1.54) is 6.20 Å². The second-order valence-corrected chi connectivity index (χ2v) is 9.34. The molecule has 0 unspecified atom stereocenters. The zero-order chi connectivity index (χ0) is 23.9. The maximum Gasteiger partial charge on any atom is 0.405 e. The van der Waals surface area contributed by atoms with Crippen molar-refractivity contribution in [1.82, 2.24) is 10.3 Å². The highest BCUT2D eigenvalue weighted by molar-refractivity contribution is 6.33. The van der Waals surface area contributed by atoms with Crippen molar-refractivity contribution in [3.8, 4) is 11.1 Å². The van der Waals surface area contributed by atoms with Gasteiger partial charge in [0.15, 0.2) is 0 Å². The van der Waals surface area contributed by atoms with E-state index < -0.39 is 23.3 Å². The Morgan fingerprint density at radius 2 is 1.97 bits per heavy atom. The summed E-state index contributed by atoms with van der Waals surface area (Å²) >= 11 is 6.43. The predicted molar refractivity (Wildman–Crippen MR) is 120 cm³/mol. The summed E-state index contributed by atoms with van der Waals surface area (Å²) in [5.41, 5.74) is 5.29. The second-order valence-electron chi connectivity index (χ2n) is 8.99. The maximum absolute atomic E-state index is 14.1. The van der Waals surface area contributed by atoms with Crippen LogP contribution in [0.5, 0.6) is 0 Å². The summed E-state index contributed by atoms with van der Waals surface area (Å²) in [4.78, 5) is 30.6. The first kappa shape index (κ1) is 23.2. The van der Waals surface area contributed by atoms with Crippen LogP contribution >= 0.6 is 11.6 Å². The molecular formula is C23H25ClF2N4O3. The van der Waals surface area contributed by atoms with E-state index in [4.69, 9.17) is 22.1 Å². The molecule has 1 saturated carbocycles. The quantitative estimate of drug-likeness (QED) is 0.604. The van der Waals surface area contributed by atoms with Gasteiger partial charge in [0.25, 0.3) is 5.91 Å². The van der Waals surface area contributed by atoms with Crippen molar-refractivity contribution in [2.45, 2.75) is 44.8 Å². The molecule has 7 nitrogen and oxygen atoms in total. The summed E-state index contributed by atoms with van der Waals surface area (Å²) < 4.78 is 33.5. The van der Waals surface area contributed by atoms with Crippen molar-refractivity contribution in [3.05, 3.63) is 46.7 Å². The predicted octanol–water partition coefficient (Wildman–Crippen LogP) is 4.27. The third-order valence-electron chi connectivity index (χ3n) is 6.19.